The van der Waals surface area contributed by atoms with Gasteiger partial charge in [-0.25, -0.2) is 4.98 Å². The summed E-state index contributed by atoms with van der Waals surface area (Å²) >= 11 is 1.66. The highest BCUT2D eigenvalue weighted by Crippen LogP contribution is 2.13. The van der Waals surface area contributed by atoms with Gasteiger partial charge in [0, 0.05) is 30.5 Å². The molecule has 6 heteroatoms. The van der Waals surface area contributed by atoms with Gasteiger partial charge in [0.25, 0.3) is 0 Å². The minimum absolute atomic E-state index is 0.234. The first kappa shape index (κ1) is 15.9. The SMILES string of the molecule is Cc1ncsc1CCOCC(O)CNC1CCOC1C. The highest BCUT2D eigenvalue weighted by atomic mass is 32.1. The first-order chi connectivity index (χ1) is 9.66. The summed E-state index contributed by atoms with van der Waals surface area (Å²) in [6.07, 6.45) is 1.64. The molecule has 5 nitrogen and oxygen atoms in total. The lowest BCUT2D eigenvalue weighted by Crippen LogP contribution is -2.40. The van der Waals surface area contributed by atoms with Crippen molar-refractivity contribution in [3.8, 4) is 0 Å². The summed E-state index contributed by atoms with van der Waals surface area (Å²) in [5, 5.41) is 13.2. The molecule has 1 fully saturated rings. The maximum Gasteiger partial charge on any atom is 0.0897 e. The summed E-state index contributed by atoms with van der Waals surface area (Å²) < 4.78 is 11.0. The number of aryl methyl sites for hydroxylation is 1. The fourth-order valence-corrected chi connectivity index (χ4v) is 3.06. The number of rotatable bonds is 8. The molecule has 2 rings (SSSR count). The Bertz CT molecular complexity index is 400. The minimum atomic E-state index is -0.467. The molecule has 1 aromatic rings. The Morgan fingerprint density at radius 1 is 1.65 bits per heavy atom. The smallest absolute Gasteiger partial charge is 0.0897 e. The number of nitrogens with zero attached hydrogens (tertiary/aromatic N) is 1. The average molecular weight is 300 g/mol. The van der Waals surface area contributed by atoms with Crippen molar-refractivity contribution in [2.45, 2.75) is 44.9 Å². The third-order valence-corrected chi connectivity index (χ3v) is 4.62. The Kier molecular flexibility index (Phi) is 6.38. The fourth-order valence-electron chi connectivity index (χ4n) is 2.30. The molecule has 3 atom stereocenters. The van der Waals surface area contributed by atoms with Crippen molar-refractivity contribution in [2.75, 3.05) is 26.4 Å². The van der Waals surface area contributed by atoms with Crippen molar-refractivity contribution in [3.05, 3.63) is 16.1 Å². The van der Waals surface area contributed by atoms with Crippen molar-refractivity contribution < 1.29 is 14.6 Å². The second kappa shape index (κ2) is 8.05. The molecule has 0 aliphatic carbocycles. The van der Waals surface area contributed by atoms with Crippen LogP contribution in [0.3, 0.4) is 0 Å². The van der Waals surface area contributed by atoms with Crippen LogP contribution in [0.15, 0.2) is 5.51 Å². The lowest BCUT2D eigenvalue weighted by Gasteiger charge is -2.18. The van der Waals surface area contributed by atoms with Gasteiger partial charge in [0.2, 0.25) is 0 Å². The van der Waals surface area contributed by atoms with Gasteiger partial charge in [-0.15, -0.1) is 11.3 Å². The van der Waals surface area contributed by atoms with Crippen LogP contribution in [-0.2, 0) is 15.9 Å². The molecule has 0 amide bonds. The molecule has 0 bridgehead atoms. The molecular weight excluding hydrogens is 276 g/mol. The molecule has 2 heterocycles. The standard InChI is InChI=1S/C14H24N2O3S/c1-10-14(20-9-16-10)4-5-18-8-12(17)7-15-13-3-6-19-11(13)2/h9,11-13,15,17H,3-8H2,1-2H3. The van der Waals surface area contributed by atoms with E-state index in [1.807, 2.05) is 12.4 Å². The predicted molar refractivity (Wildman–Crippen MR) is 79.2 cm³/mol. The van der Waals surface area contributed by atoms with Crippen LogP contribution in [0, 0.1) is 6.92 Å². The van der Waals surface area contributed by atoms with Gasteiger partial charge in [0.1, 0.15) is 0 Å². The highest BCUT2D eigenvalue weighted by molar-refractivity contribution is 7.09. The third-order valence-electron chi connectivity index (χ3n) is 3.62. The van der Waals surface area contributed by atoms with E-state index in [4.69, 9.17) is 9.47 Å². The second-order valence-corrected chi connectivity index (χ2v) is 6.16. The van der Waals surface area contributed by atoms with Crippen LogP contribution < -0.4 is 5.32 Å². The van der Waals surface area contributed by atoms with Crippen LogP contribution >= 0.6 is 11.3 Å². The Hall–Kier alpha value is -0.530. The highest BCUT2D eigenvalue weighted by Gasteiger charge is 2.24. The molecule has 1 aliphatic heterocycles. The summed E-state index contributed by atoms with van der Waals surface area (Å²) in [7, 11) is 0. The zero-order valence-electron chi connectivity index (χ0n) is 12.2. The number of thiazole rings is 1. The molecule has 0 aromatic carbocycles. The molecule has 20 heavy (non-hydrogen) atoms. The van der Waals surface area contributed by atoms with E-state index >= 15 is 0 Å². The Morgan fingerprint density at radius 3 is 3.15 bits per heavy atom. The van der Waals surface area contributed by atoms with E-state index in [1.54, 1.807) is 11.3 Å². The maximum atomic E-state index is 9.87. The Balaban J connectivity index is 1.54. The zero-order valence-corrected chi connectivity index (χ0v) is 13.0. The van der Waals surface area contributed by atoms with Crippen molar-refractivity contribution in [1.82, 2.24) is 10.3 Å². The fraction of sp³-hybridized carbons (Fsp3) is 0.786. The average Bonchev–Trinajstić information content (AvgIpc) is 3.01. The first-order valence-corrected chi connectivity index (χ1v) is 8.04. The topological polar surface area (TPSA) is 63.6 Å². The number of ether oxygens (including phenoxy) is 2. The van der Waals surface area contributed by atoms with Crippen LogP contribution in [0.4, 0.5) is 0 Å². The Morgan fingerprint density at radius 2 is 2.50 bits per heavy atom. The zero-order chi connectivity index (χ0) is 14.4. The van der Waals surface area contributed by atoms with Gasteiger partial charge in [-0.05, 0) is 20.3 Å². The molecule has 0 spiro atoms. The van der Waals surface area contributed by atoms with Crippen LogP contribution in [0.2, 0.25) is 0 Å². The molecule has 1 aromatic heterocycles. The van der Waals surface area contributed by atoms with Gasteiger partial charge >= 0.3 is 0 Å². The first-order valence-electron chi connectivity index (χ1n) is 7.16. The van der Waals surface area contributed by atoms with Crippen LogP contribution in [0.25, 0.3) is 0 Å². The number of aromatic nitrogens is 1. The van der Waals surface area contributed by atoms with Crippen LogP contribution in [0.1, 0.15) is 23.9 Å². The van der Waals surface area contributed by atoms with E-state index in [-0.39, 0.29) is 6.10 Å². The number of aliphatic hydroxyl groups excluding tert-OH is 1. The third kappa shape index (κ3) is 4.79. The second-order valence-electron chi connectivity index (χ2n) is 5.22. The van der Waals surface area contributed by atoms with Gasteiger partial charge in [-0.3, -0.25) is 0 Å². The van der Waals surface area contributed by atoms with Gasteiger partial charge in [-0.2, -0.15) is 0 Å². The van der Waals surface area contributed by atoms with Crippen molar-refractivity contribution in [2.24, 2.45) is 0 Å². The van der Waals surface area contributed by atoms with Crippen LogP contribution in [-0.4, -0.2) is 54.7 Å². The van der Waals surface area contributed by atoms with Crippen LogP contribution in [0.5, 0.6) is 0 Å². The van der Waals surface area contributed by atoms with E-state index in [9.17, 15) is 5.11 Å². The number of hydrogen-bond donors (Lipinski definition) is 2. The molecule has 0 saturated carbocycles. The van der Waals surface area contributed by atoms with Crippen molar-refractivity contribution in [3.63, 3.8) is 0 Å². The van der Waals surface area contributed by atoms with Gasteiger partial charge < -0.3 is 19.9 Å². The molecule has 114 valence electrons. The monoisotopic (exact) mass is 300 g/mol. The molecule has 1 saturated heterocycles. The summed E-state index contributed by atoms with van der Waals surface area (Å²) in [5.74, 6) is 0. The lowest BCUT2D eigenvalue weighted by molar-refractivity contribution is 0.0350. The van der Waals surface area contributed by atoms with E-state index in [0.717, 1.165) is 25.1 Å². The summed E-state index contributed by atoms with van der Waals surface area (Å²) in [4.78, 5) is 5.46. The summed E-state index contributed by atoms with van der Waals surface area (Å²) in [6.45, 7) is 6.42. The molecular formula is C14H24N2O3S. The quantitative estimate of drug-likeness (QED) is 0.705. The lowest BCUT2D eigenvalue weighted by atomic mass is 10.1. The molecule has 0 radical (unpaired) electrons. The van der Waals surface area contributed by atoms with Gasteiger partial charge in [0.05, 0.1) is 36.6 Å². The number of hydrogen-bond acceptors (Lipinski definition) is 6. The van der Waals surface area contributed by atoms with Gasteiger partial charge in [0.15, 0.2) is 0 Å². The molecule has 3 unspecified atom stereocenters. The molecule has 2 N–H and O–H groups in total. The number of aliphatic hydroxyl groups is 1. The van der Waals surface area contributed by atoms with Crippen molar-refractivity contribution in [1.29, 1.82) is 0 Å². The molecule has 1 aliphatic rings. The largest absolute Gasteiger partial charge is 0.389 e. The normalized spacial score (nSPS) is 24.1. The summed E-state index contributed by atoms with van der Waals surface area (Å²) in [6, 6.07) is 0.351. The Labute approximate surface area is 124 Å². The van der Waals surface area contributed by atoms with E-state index in [1.165, 1.54) is 4.88 Å². The van der Waals surface area contributed by atoms with Gasteiger partial charge in [-0.1, -0.05) is 0 Å². The van der Waals surface area contributed by atoms with Crippen molar-refractivity contribution >= 4 is 11.3 Å². The minimum Gasteiger partial charge on any atom is -0.389 e. The maximum absolute atomic E-state index is 9.87. The predicted octanol–water partition coefficient (Wildman–Crippen LogP) is 1.14. The van der Waals surface area contributed by atoms with E-state index < -0.39 is 6.10 Å². The summed E-state index contributed by atoms with van der Waals surface area (Å²) in [5.41, 5.74) is 2.94. The van der Waals surface area contributed by atoms with E-state index in [0.29, 0.717) is 25.8 Å². The van der Waals surface area contributed by atoms with E-state index in [2.05, 4.69) is 17.2 Å². The number of nitrogens with one attached hydrogen (secondary N) is 1.